The van der Waals surface area contributed by atoms with Crippen molar-refractivity contribution in [3.05, 3.63) is 60.8 Å². The Balaban J connectivity index is 5.25. The Labute approximate surface area is 471 Å². The van der Waals surface area contributed by atoms with E-state index in [1.807, 2.05) is 33.3 Å². The fraction of sp³-hybridized carbons (Fsp3) is 0.818. The van der Waals surface area contributed by atoms with Gasteiger partial charge in [-0.05, 0) is 76.7 Å². The lowest BCUT2D eigenvalue weighted by Gasteiger charge is -2.27. The van der Waals surface area contributed by atoms with Crippen LogP contribution in [0.4, 0.5) is 0 Å². The summed E-state index contributed by atoms with van der Waals surface area (Å²) in [4.78, 5) is 37.7. The number of quaternary nitrogens is 1. The average molecular weight is 1090 g/mol. The minimum Gasteiger partial charge on any atom is -0.456 e. The van der Waals surface area contributed by atoms with Gasteiger partial charge in [0.15, 0.2) is 0 Å². The molecule has 0 saturated heterocycles. The molecule has 1 amide bonds. The van der Waals surface area contributed by atoms with Gasteiger partial charge in [0.25, 0.3) is 0 Å². The Bertz CT molecular complexity index is 1490. The lowest BCUT2D eigenvalue weighted by molar-refractivity contribution is -0.870. The van der Waals surface area contributed by atoms with Crippen LogP contribution in [0.15, 0.2) is 60.8 Å². The second-order valence-corrected chi connectivity index (χ2v) is 24.4. The maximum absolute atomic E-state index is 13.6. The van der Waals surface area contributed by atoms with Crippen LogP contribution >= 0.6 is 7.82 Å². The van der Waals surface area contributed by atoms with Gasteiger partial charge in [-0.3, -0.25) is 18.6 Å². The third kappa shape index (κ3) is 56.4. The molecule has 3 atom stereocenters. The summed E-state index contributed by atoms with van der Waals surface area (Å²) in [7, 11) is 1.49. The number of rotatable bonds is 58. The predicted octanol–water partition coefficient (Wildman–Crippen LogP) is 19.8. The smallest absolute Gasteiger partial charge is 0.456 e. The molecule has 0 aromatic carbocycles. The molecular weight excluding hydrogens is 964 g/mol. The van der Waals surface area contributed by atoms with Crippen molar-refractivity contribution in [2.24, 2.45) is 0 Å². The summed E-state index contributed by atoms with van der Waals surface area (Å²) in [6.45, 7) is 7.00. The van der Waals surface area contributed by atoms with E-state index in [9.17, 15) is 19.0 Å². The van der Waals surface area contributed by atoms with Crippen molar-refractivity contribution in [3.63, 3.8) is 0 Å². The highest BCUT2D eigenvalue weighted by Crippen LogP contribution is 2.43. The van der Waals surface area contributed by atoms with Crippen LogP contribution in [-0.4, -0.2) is 74.3 Å². The maximum Gasteiger partial charge on any atom is 0.472 e. The fourth-order valence-electron chi connectivity index (χ4n) is 9.22. The topological polar surface area (TPSA) is 111 Å². The number of esters is 1. The summed E-state index contributed by atoms with van der Waals surface area (Å²) >= 11 is 0. The predicted molar refractivity (Wildman–Crippen MR) is 328 cm³/mol. The molecule has 0 bridgehead atoms. The van der Waals surface area contributed by atoms with Gasteiger partial charge >= 0.3 is 13.8 Å². The number of amides is 1. The van der Waals surface area contributed by atoms with Crippen molar-refractivity contribution >= 4 is 19.7 Å². The molecule has 0 radical (unpaired) electrons. The van der Waals surface area contributed by atoms with Crippen LogP contribution < -0.4 is 5.32 Å². The van der Waals surface area contributed by atoms with Crippen LogP contribution in [-0.2, 0) is 27.9 Å². The zero-order valence-electron chi connectivity index (χ0n) is 50.7. The molecule has 0 aromatic rings. The molecule has 0 heterocycles. The SMILES string of the molecule is CCCCC/C=C\C/C=C\C/C=C\C/C=C\CCCCCCCC(=O)OC(/C=C/CCCCCCCCCCCC)C(COP(=O)(O)OCC[N+](C)(C)C)NC(=O)CCCCCCCCCCCCCCCCCCC. The number of carbonyl (C=O) groups is 2. The molecule has 9 nitrogen and oxygen atoms in total. The Hall–Kier alpha value is -2.29. The van der Waals surface area contributed by atoms with Crippen molar-refractivity contribution in [3.8, 4) is 0 Å². The Morgan fingerprint density at radius 1 is 0.461 bits per heavy atom. The van der Waals surface area contributed by atoms with Crippen LogP contribution in [0, 0.1) is 0 Å². The van der Waals surface area contributed by atoms with Crippen LogP contribution in [0.25, 0.3) is 0 Å². The largest absolute Gasteiger partial charge is 0.472 e. The Kier molecular flexibility index (Phi) is 54.3. The van der Waals surface area contributed by atoms with E-state index >= 15 is 0 Å². The summed E-state index contributed by atoms with van der Waals surface area (Å²) < 4.78 is 30.7. The molecule has 3 unspecified atom stereocenters. The van der Waals surface area contributed by atoms with Crippen LogP contribution in [0.2, 0.25) is 0 Å². The Morgan fingerprint density at radius 3 is 1.22 bits per heavy atom. The lowest BCUT2D eigenvalue weighted by atomic mass is 10.0. The van der Waals surface area contributed by atoms with Gasteiger partial charge in [-0.15, -0.1) is 0 Å². The first-order valence-electron chi connectivity index (χ1n) is 32.1. The van der Waals surface area contributed by atoms with Gasteiger partial charge in [0, 0.05) is 12.8 Å². The molecule has 0 saturated carbocycles. The molecule has 0 spiro atoms. The number of phosphoric ester groups is 1. The number of allylic oxidation sites excluding steroid dienone is 9. The van der Waals surface area contributed by atoms with E-state index in [1.165, 1.54) is 167 Å². The summed E-state index contributed by atoms with van der Waals surface area (Å²) in [5.74, 6) is -0.517. The number of unbranched alkanes of at least 4 members (excludes halogenated alkanes) is 34. The third-order valence-corrected chi connectivity index (χ3v) is 15.2. The molecule has 0 aliphatic heterocycles. The van der Waals surface area contributed by atoms with E-state index in [-0.39, 0.29) is 31.5 Å². The second kappa shape index (κ2) is 56.0. The van der Waals surface area contributed by atoms with Crippen molar-refractivity contribution in [1.82, 2.24) is 5.32 Å². The minimum atomic E-state index is -4.45. The number of nitrogens with zero attached hydrogens (tertiary/aromatic N) is 1. The number of hydrogen-bond donors (Lipinski definition) is 2. The molecule has 2 N–H and O–H groups in total. The molecule has 0 fully saturated rings. The zero-order valence-corrected chi connectivity index (χ0v) is 51.6. The van der Waals surface area contributed by atoms with Crippen LogP contribution in [0.3, 0.4) is 0 Å². The van der Waals surface area contributed by atoms with Crippen molar-refractivity contribution < 1.29 is 37.3 Å². The number of nitrogens with one attached hydrogen (secondary N) is 1. The number of hydrogen-bond acceptors (Lipinski definition) is 6. The number of phosphoric acid groups is 1. The monoisotopic (exact) mass is 1090 g/mol. The molecule has 10 heteroatoms. The molecule has 0 aliphatic carbocycles. The first-order valence-corrected chi connectivity index (χ1v) is 33.6. The van der Waals surface area contributed by atoms with Gasteiger partial charge in [0.2, 0.25) is 5.91 Å². The first-order chi connectivity index (χ1) is 36.9. The summed E-state index contributed by atoms with van der Waals surface area (Å²) in [6, 6.07) is -0.855. The Morgan fingerprint density at radius 2 is 0.803 bits per heavy atom. The van der Waals surface area contributed by atoms with Gasteiger partial charge in [0.1, 0.15) is 19.3 Å². The van der Waals surface area contributed by atoms with Gasteiger partial charge in [0.05, 0.1) is 33.8 Å². The molecule has 0 rings (SSSR count). The average Bonchev–Trinajstić information content (AvgIpc) is 3.38. The summed E-state index contributed by atoms with van der Waals surface area (Å²) in [5.41, 5.74) is 0. The van der Waals surface area contributed by atoms with Crippen molar-refractivity contribution in [2.75, 3.05) is 40.9 Å². The first kappa shape index (κ1) is 73.7. The van der Waals surface area contributed by atoms with E-state index in [1.54, 1.807) is 0 Å². The van der Waals surface area contributed by atoms with Crippen molar-refractivity contribution in [1.29, 1.82) is 0 Å². The van der Waals surface area contributed by atoms with E-state index in [0.717, 1.165) is 96.3 Å². The van der Waals surface area contributed by atoms with Gasteiger partial charge < -0.3 is 19.4 Å². The molecule has 76 heavy (non-hydrogen) atoms. The summed E-state index contributed by atoms with van der Waals surface area (Å²) in [5, 5.41) is 3.06. The molecule has 444 valence electrons. The van der Waals surface area contributed by atoms with E-state index in [2.05, 4.69) is 74.7 Å². The molecular formula is C66H124N2O7P+. The maximum atomic E-state index is 13.6. The fourth-order valence-corrected chi connectivity index (χ4v) is 9.95. The number of likely N-dealkylation sites (N-methyl/N-ethyl adjacent to an activating group) is 1. The van der Waals surface area contributed by atoms with E-state index in [0.29, 0.717) is 17.4 Å². The highest BCUT2D eigenvalue weighted by molar-refractivity contribution is 7.47. The minimum absolute atomic E-state index is 0.0370. The molecule has 0 aliphatic rings. The highest BCUT2D eigenvalue weighted by Gasteiger charge is 2.30. The standard InChI is InChI=1S/C66H123N2O7P/c1-7-10-13-16-19-22-25-28-30-32-33-34-35-37-39-41-44-47-50-53-56-59-66(70)75-64(57-54-51-48-45-42-27-24-21-18-15-12-9-3)63(62-74-76(71,72)73-61-60-68(4,5)6)67-65(69)58-55-52-49-46-43-40-38-36-31-29-26-23-20-17-14-11-8-2/h19,22,28,30,33-34,37,39,54,57,63-64H,7-18,20-21,23-27,29,31-32,35-36,38,40-53,55-56,58-62H2,1-6H3,(H-,67,69,71,72)/p+1/b22-19-,30-28-,34-33-,39-37-,57-54+. The zero-order chi connectivity index (χ0) is 55.7. The van der Waals surface area contributed by atoms with Crippen molar-refractivity contribution in [2.45, 2.75) is 309 Å². The normalized spacial score (nSPS) is 14.0. The van der Waals surface area contributed by atoms with Gasteiger partial charge in [-0.25, -0.2) is 4.57 Å². The number of carbonyl (C=O) groups excluding carboxylic acids is 2. The van der Waals surface area contributed by atoms with E-state index in [4.69, 9.17) is 13.8 Å². The van der Waals surface area contributed by atoms with Gasteiger partial charge in [-0.1, -0.05) is 268 Å². The third-order valence-electron chi connectivity index (χ3n) is 14.2. The highest BCUT2D eigenvalue weighted by atomic mass is 31.2. The lowest BCUT2D eigenvalue weighted by Crippen LogP contribution is -2.47. The summed E-state index contributed by atoms with van der Waals surface area (Å²) in [6.07, 6.45) is 70.7. The van der Waals surface area contributed by atoms with Crippen LogP contribution in [0.1, 0.15) is 297 Å². The van der Waals surface area contributed by atoms with Gasteiger partial charge in [-0.2, -0.15) is 0 Å². The van der Waals surface area contributed by atoms with Crippen LogP contribution in [0.5, 0.6) is 0 Å². The molecule has 0 aromatic heterocycles. The van der Waals surface area contributed by atoms with E-state index < -0.39 is 20.0 Å². The number of ether oxygens (including phenoxy) is 1. The second-order valence-electron chi connectivity index (χ2n) is 22.9. The quantitative estimate of drug-likeness (QED) is 0.0205.